The highest BCUT2D eigenvalue weighted by Crippen LogP contribution is 2.59. The molecule has 2 bridgehead atoms. The number of hydrogen-bond acceptors (Lipinski definition) is 8. The monoisotopic (exact) mass is 715 g/mol. The molecule has 0 amide bonds. The molecule has 8 heteroatoms. The van der Waals surface area contributed by atoms with Crippen molar-refractivity contribution < 1.29 is 29.6 Å². The zero-order valence-corrected chi connectivity index (χ0v) is 31.5. The van der Waals surface area contributed by atoms with Crippen molar-refractivity contribution in [2.24, 2.45) is 5.41 Å². The molecule has 1 aromatic heterocycles. The van der Waals surface area contributed by atoms with Gasteiger partial charge in [0.05, 0.1) is 42.0 Å². The molecular weight excluding hydrogens is 659 g/mol. The molecule has 2 heterocycles. The number of ether oxygens (including phenoxy) is 2. The van der Waals surface area contributed by atoms with E-state index in [1.54, 1.807) is 0 Å². The Morgan fingerprint density at radius 3 is 2.65 bits per heavy atom. The average molecular weight is 716 g/mol. The van der Waals surface area contributed by atoms with Gasteiger partial charge in [-0.05, 0) is 112 Å². The lowest BCUT2D eigenvalue weighted by molar-refractivity contribution is -0.0961. The zero-order valence-electron chi connectivity index (χ0n) is 30.7. The molecule has 2 aromatic carbocycles. The lowest BCUT2D eigenvalue weighted by Crippen LogP contribution is -2.55. The number of ketones is 1. The van der Waals surface area contributed by atoms with Crippen LogP contribution in [-0.4, -0.2) is 82.8 Å². The van der Waals surface area contributed by atoms with Crippen molar-refractivity contribution in [3.05, 3.63) is 104 Å². The second kappa shape index (κ2) is 17.0. The normalized spacial score (nSPS) is 27.7. The third-order valence-electron chi connectivity index (χ3n) is 11.7. The number of nitrogens with zero attached hydrogens (tertiary/aromatic N) is 1. The highest BCUT2D eigenvalue weighted by molar-refractivity contribution is 7.14. The van der Waals surface area contributed by atoms with Crippen molar-refractivity contribution in [3.63, 3.8) is 0 Å². The number of rotatable bonds is 12. The van der Waals surface area contributed by atoms with E-state index in [1.807, 2.05) is 55.5 Å². The van der Waals surface area contributed by atoms with Crippen LogP contribution in [0.4, 0.5) is 0 Å². The first-order valence-corrected chi connectivity index (χ1v) is 19.8. The van der Waals surface area contributed by atoms with Crippen LogP contribution in [0.15, 0.2) is 72.3 Å². The molecule has 276 valence electrons. The number of fused-ring (bicyclic) bond motifs is 8. The maximum atomic E-state index is 14.3. The lowest BCUT2D eigenvalue weighted by Gasteiger charge is -2.46. The fourth-order valence-corrected chi connectivity index (χ4v) is 9.60. The van der Waals surface area contributed by atoms with Crippen LogP contribution in [0, 0.1) is 12.3 Å². The van der Waals surface area contributed by atoms with Gasteiger partial charge in [-0.3, -0.25) is 9.69 Å². The molecule has 2 fully saturated rings. The first kappa shape index (κ1) is 38.0. The Morgan fingerprint density at radius 1 is 1.08 bits per heavy atom. The van der Waals surface area contributed by atoms with Crippen molar-refractivity contribution in [3.8, 4) is 0 Å². The van der Waals surface area contributed by atoms with Gasteiger partial charge < -0.3 is 24.8 Å². The van der Waals surface area contributed by atoms with Gasteiger partial charge in [0, 0.05) is 42.1 Å². The summed E-state index contributed by atoms with van der Waals surface area (Å²) >= 11 is 1.51. The number of allylic oxidation sites excluding steroid dienone is 2. The summed E-state index contributed by atoms with van der Waals surface area (Å²) in [6, 6.07) is 20.1. The van der Waals surface area contributed by atoms with Crippen LogP contribution >= 0.6 is 11.3 Å². The second-order valence-electron chi connectivity index (χ2n) is 15.7. The number of hydrogen-bond donors (Lipinski definition) is 3. The van der Waals surface area contributed by atoms with Crippen LogP contribution in [0.25, 0.3) is 0 Å². The molecule has 51 heavy (non-hydrogen) atoms. The summed E-state index contributed by atoms with van der Waals surface area (Å²) < 4.78 is 12.0. The summed E-state index contributed by atoms with van der Waals surface area (Å²) in [5.41, 5.74) is 3.32. The van der Waals surface area contributed by atoms with Crippen LogP contribution in [-0.2, 0) is 22.5 Å². The quantitative estimate of drug-likeness (QED) is 0.133. The van der Waals surface area contributed by atoms with Crippen LogP contribution in [0.5, 0.6) is 0 Å². The molecular formula is C43H57NO6S. The number of aryl methyl sites for hydroxylation is 1. The van der Waals surface area contributed by atoms with Gasteiger partial charge in [-0.2, -0.15) is 0 Å². The molecule has 1 saturated heterocycles. The molecule has 3 N–H and O–H groups in total. The highest BCUT2D eigenvalue weighted by atomic mass is 32.1. The van der Waals surface area contributed by atoms with E-state index in [1.165, 1.54) is 16.9 Å². The van der Waals surface area contributed by atoms with Crippen LogP contribution < -0.4 is 0 Å². The van der Waals surface area contributed by atoms with Gasteiger partial charge in [0.1, 0.15) is 0 Å². The molecule has 0 spiro atoms. The Balaban J connectivity index is 1.30. The average Bonchev–Trinajstić information content (AvgIpc) is 3.84. The maximum absolute atomic E-state index is 14.3. The number of carbonyl (C=O) groups is 1. The van der Waals surface area contributed by atoms with Gasteiger partial charge in [-0.15, -0.1) is 11.3 Å². The molecule has 3 aromatic rings. The van der Waals surface area contributed by atoms with E-state index < -0.39 is 23.2 Å². The fourth-order valence-electron chi connectivity index (χ4n) is 8.77. The van der Waals surface area contributed by atoms with Crippen molar-refractivity contribution in [2.75, 3.05) is 32.8 Å². The molecule has 0 radical (unpaired) electrons. The van der Waals surface area contributed by atoms with E-state index in [2.05, 4.69) is 37.0 Å². The van der Waals surface area contributed by atoms with Crippen LogP contribution in [0.3, 0.4) is 0 Å². The fraction of sp³-hybridized carbons (Fsp3) is 0.558. The van der Waals surface area contributed by atoms with Crippen molar-refractivity contribution in [1.82, 2.24) is 4.90 Å². The third kappa shape index (κ3) is 9.28. The molecule has 6 atom stereocenters. The maximum Gasteiger partial charge on any atom is 0.203 e. The Morgan fingerprint density at radius 2 is 1.90 bits per heavy atom. The first-order chi connectivity index (χ1) is 24.5. The van der Waals surface area contributed by atoms with E-state index in [4.69, 9.17) is 9.47 Å². The Hall–Kier alpha value is -2.69. The van der Waals surface area contributed by atoms with Crippen molar-refractivity contribution in [2.45, 2.75) is 115 Å². The Kier molecular flexibility index (Phi) is 12.7. The summed E-state index contributed by atoms with van der Waals surface area (Å²) in [7, 11) is 0. The predicted molar refractivity (Wildman–Crippen MR) is 203 cm³/mol. The smallest absolute Gasteiger partial charge is 0.203 e. The summed E-state index contributed by atoms with van der Waals surface area (Å²) in [6.45, 7) is 9.16. The van der Waals surface area contributed by atoms with Gasteiger partial charge in [0.2, 0.25) is 5.78 Å². The number of carbonyl (C=O) groups excluding carboxylic acids is 1. The molecule has 7 nitrogen and oxygen atoms in total. The van der Waals surface area contributed by atoms with Gasteiger partial charge in [-0.1, -0.05) is 61.0 Å². The number of benzene rings is 2. The van der Waals surface area contributed by atoms with E-state index in [-0.39, 0.29) is 24.4 Å². The molecule has 1 aliphatic heterocycles. The number of aliphatic hydroxyl groups excluding tert-OH is 2. The largest absolute Gasteiger partial charge is 0.393 e. The van der Waals surface area contributed by atoms with Crippen LogP contribution in [0.1, 0.15) is 108 Å². The van der Waals surface area contributed by atoms with E-state index in [9.17, 15) is 20.1 Å². The Bertz CT molecular complexity index is 1630. The molecule has 0 unspecified atom stereocenters. The molecule has 3 aliphatic carbocycles. The highest BCUT2D eigenvalue weighted by Gasteiger charge is 2.57. The topological polar surface area (TPSA) is 99.5 Å². The second-order valence-corrected chi connectivity index (χ2v) is 17.0. The van der Waals surface area contributed by atoms with E-state index in [0.717, 1.165) is 66.7 Å². The summed E-state index contributed by atoms with van der Waals surface area (Å²) in [5.74, 6) is -0.0412. The standard InChI is InChI=1S/C43H57NO6S/c1-30-9-7-20-42(3)39(37-17-15-33(23-34(45)16-13-30)24-38(37)41(47)40-18-14-31(2)51-40)19-21-43(42,48)29-44(26-36-12-8-22-50-36)25-35(46)28-49-27-32-10-5-4-6-11-32/h4-6,9-11,14-15,17-18,24,34-36,39,45-46,48H,7-8,12-13,16,19-23,25-29H2,1-3H3/t34-,35+,36+,39-,42-,43+/m0/s1. The van der Waals surface area contributed by atoms with Gasteiger partial charge >= 0.3 is 0 Å². The Labute approximate surface area is 308 Å². The number of thiophene rings is 1. The minimum Gasteiger partial charge on any atom is -0.393 e. The van der Waals surface area contributed by atoms with Gasteiger partial charge in [0.15, 0.2) is 0 Å². The zero-order chi connectivity index (χ0) is 36.0. The van der Waals surface area contributed by atoms with E-state index in [0.29, 0.717) is 55.9 Å². The minimum absolute atomic E-state index is 0.0127. The molecule has 4 aliphatic rings. The number of aliphatic hydroxyl groups is 3. The third-order valence-corrected chi connectivity index (χ3v) is 12.7. The van der Waals surface area contributed by atoms with Gasteiger partial charge in [0.25, 0.3) is 0 Å². The van der Waals surface area contributed by atoms with Crippen molar-refractivity contribution in [1.29, 1.82) is 0 Å². The summed E-state index contributed by atoms with van der Waals surface area (Å²) in [5, 5.41) is 35.2. The summed E-state index contributed by atoms with van der Waals surface area (Å²) in [4.78, 5) is 18.3. The molecule has 1 saturated carbocycles. The molecule has 7 rings (SSSR count). The SMILES string of the molecule is CC1=CCC[C@@]2(C)[C@@H](CC[C@@]2(O)CN(C[C@@H](O)COCc2ccccc2)C[C@H]2CCCO2)c2ccc(cc2C(=O)c2ccc(C)s2)C[C@@H](O)CC1. The predicted octanol–water partition coefficient (Wildman–Crippen LogP) is 7.38. The summed E-state index contributed by atoms with van der Waals surface area (Å²) in [6.07, 6.45) is 7.97. The van der Waals surface area contributed by atoms with Crippen LogP contribution in [0.2, 0.25) is 0 Å². The first-order valence-electron chi connectivity index (χ1n) is 19.0. The van der Waals surface area contributed by atoms with E-state index >= 15 is 0 Å². The lowest BCUT2D eigenvalue weighted by atomic mass is 9.64. The minimum atomic E-state index is -1.07. The van der Waals surface area contributed by atoms with Gasteiger partial charge in [-0.25, -0.2) is 0 Å². The van der Waals surface area contributed by atoms with Crippen molar-refractivity contribution >= 4 is 17.1 Å².